The molecule has 0 aliphatic carbocycles. The van der Waals surface area contributed by atoms with E-state index in [0.717, 1.165) is 13.0 Å². The molecule has 0 fully saturated rings. The summed E-state index contributed by atoms with van der Waals surface area (Å²) < 4.78 is 31.3. The molecule has 0 bridgehead atoms. The molecule has 0 amide bonds. The Labute approximate surface area is 117 Å². The maximum atomic E-state index is 12.0. The van der Waals surface area contributed by atoms with Crippen LogP contribution in [0.1, 0.15) is 19.1 Å². The normalized spacial score (nSPS) is 11.4. The molecule has 0 radical (unpaired) electrons. The Kier molecular flexibility index (Phi) is 4.70. The maximum absolute atomic E-state index is 12.0. The van der Waals surface area contributed by atoms with E-state index in [1.165, 1.54) is 18.5 Å². The zero-order chi connectivity index (χ0) is 14.4. The lowest BCUT2D eigenvalue weighted by molar-refractivity contribution is 0.380. The second kappa shape index (κ2) is 6.49. The van der Waals surface area contributed by atoms with Crippen LogP contribution in [0.15, 0.2) is 40.0 Å². The highest BCUT2D eigenvalue weighted by molar-refractivity contribution is 7.89. The van der Waals surface area contributed by atoms with Gasteiger partial charge in [-0.2, -0.15) is 0 Å². The third-order valence-electron chi connectivity index (χ3n) is 2.53. The number of nitrogens with zero attached hydrogens (tertiary/aromatic N) is 2. The lowest BCUT2D eigenvalue weighted by atomic mass is 10.4. The highest BCUT2D eigenvalue weighted by atomic mass is 32.2. The van der Waals surface area contributed by atoms with Crippen molar-refractivity contribution in [2.75, 3.05) is 11.9 Å². The van der Waals surface area contributed by atoms with Gasteiger partial charge in [0.25, 0.3) is 0 Å². The van der Waals surface area contributed by atoms with Crippen molar-refractivity contribution in [3.8, 4) is 0 Å². The number of aromatic nitrogens is 2. The van der Waals surface area contributed by atoms with Crippen LogP contribution in [0.5, 0.6) is 0 Å². The largest absolute Gasteiger partial charge is 0.370 e. The number of nitrogens with one attached hydrogen (secondary N) is 2. The number of hydrogen-bond donors (Lipinski definition) is 2. The number of sulfonamides is 1. The lowest BCUT2D eigenvalue weighted by Crippen LogP contribution is -2.23. The molecule has 20 heavy (non-hydrogen) atoms. The number of hydrogen-bond acceptors (Lipinski definition) is 6. The number of pyridine rings is 1. The second-order valence-corrected chi connectivity index (χ2v) is 5.88. The summed E-state index contributed by atoms with van der Waals surface area (Å²) in [5, 5.41) is 6.58. The highest BCUT2D eigenvalue weighted by Gasteiger charge is 2.15. The van der Waals surface area contributed by atoms with E-state index >= 15 is 0 Å². The molecule has 0 aliphatic rings. The van der Waals surface area contributed by atoms with E-state index in [-0.39, 0.29) is 11.4 Å². The molecule has 2 N–H and O–H groups in total. The standard InChI is InChI=1S/C12H16N4O3S/c1-2-6-13-12-4-3-11(9-14-12)20(17,18)16-8-10-5-7-15-19-10/h3-5,7,9,16H,2,6,8H2,1H3,(H,13,14). The van der Waals surface area contributed by atoms with Gasteiger partial charge < -0.3 is 9.84 Å². The summed E-state index contributed by atoms with van der Waals surface area (Å²) in [6.45, 7) is 2.89. The first kappa shape index (κ1) is 14.5. The fourth-order valence-corrected chi connectivity index (χ4v) is 2.42. The monoisotopic (exact) mass is 296 g/mol. The van der Waals surface area contributed by atoms with Crippen LogP contribution < -0.4 is 10.0 Å². The molecule has 0 saturated heterocycles. The minimum Gasteiger partial charge on any atom is -0.370 e. The van der Waals surface area contributed by atoms with Crippen LogP contribution in [0, 0.1) is 0 Å². The summed E-state index contributed by atoms with van der Waals surface area (Å²) in [5.74, 6) is 1.10. The summed E-state index contributed by atoms with van der Waals surface area (Å²) in [4.78, 5) is 4.17. The molecule has 0 aliphatic heterocycles. The van der Waals surface area contributed by atoms with E-state index in [1.807, 2.05) is 6.92 Å². The molecule has 0 unspecified atom stereocenters. The quantitative estimate of drug-likeness (QED) is 0.801. The summed E-state index contributed by atoms with van der Waals surface area (Å²) in [7, 11) is -3.60. The van der Waals surface area contributed by atoms with Crippen molar-refractivity contribution in [1.29, 1.82) is 0 Å². The first-order valence-corrected chi connectivity index (χ1v) is 7.69. The average molecular weight is 296 g/mol. The molecule has 2 rings (SSSR count). The van der Waals surface area contributed by atoms with Crippen LogP contribution in [-0.2, 0) is 16.6 Å². The van der Waals surface area contributed by atoms with E-state index in [0.29, 0.717) is 11.6 Å². The molecule has 0 spiro atoms. The number of rotatable bonds is 7. The van der Waals surface area contributed by atoms with Crippen molar-refractivity contribution < 1.29 is 12.9 Å². The fourth-order valence-electron chi connectivity index (χ4n) is 1.48. The average Bonchev–Trinajstić information content (AvgIpc) is 2.97. The van der Waals surface area contributed by atoms with Crippen molar-refractivity contribution in [3.05, 3.63) is 36.4 Å². The van der Waals surface area contributed by atoms with Crippen molar-refractivity contribution in [2.45, 2.75) is 24.8 Å². The minimum absolute atomic E-state index is 0.0537. The molecular formula is C12H16N4O3S. The van der Waals surface area contributed by atoms with E-state index < -0.39 is 10.0 Å². The Morgan fingerprint density at radius 2 is 2.15 bits per heavy atom. The molecule has 2 aromatic rings. The Balaban J connectivity index is 2.01. The summed E-state index contributed by atoms with van der Waals surface area (Å²) >= 11 is 0. The Morgan fingerprint density at radius 1 is 1.30 bits per heavy atom. The predicted molar refractivity (Wildman–Crippen MR) is 73.5 cm³/mol. The van der Waals surface area contributed by atoms with Gasteiger partial charge >= 0.3 is 0 Å². The van der Waals surface area contributed by atoms with Gasteiger partial charge in [0.05, 0.1) is 12.7 Å². The van der Waals surface area contributed by atoms with Crippen molar-refractivity contribution >= 4 is 15.8 Å². The topological polar surface area (TPSA) is 97.1 Å². The van der Waals surface area contributed by atoms with Gasteiger partial charge in [0.1, 0.15) is 10.7 Å². The van der Waals surface area contributed by atoms with Crippen molar-refractivity contribution in [1.82, 2.24) is 14.9 Å². The third-order valence-corrected chi connectivity index (χ3v) is 3.92. The third kappa shape index (κ3) is 3.78. The Hall–Kier alpha value is -1.93. The molecule has 2 aromatic heterocycles. The van der Waals surface area contributed by atoms with Crippen LogP contribution in [-0.4, -0.2) is 25.1 Å². The summed E-state index contributed by atoms with van der Waals surface area (Å²) in [6.07, 6.45) is 3.75. The molecule has 2 heterocycles. The second-order valence-electron chi connectivity index (χ2n) is 4.11. The van der Waals surface area contributed by atoms with E-state index in [2.05, 4.69) is 20.2 Å². The first-order chi connectivity index (χ1) is 9.62. The van der Waals surface area contributed by atoms with Gasteiger partial charge in [0, 0.05) is 18.8 Å². The molecule has 0 aromatic carbocycles. The smallest absolute Gasteiger partial charge is 0.242 e. The van der Waals surface area contributed by atoms with Gasteiger partial charge in [-0.05, 0) is 18.6 Å². The van der Waals surface area contributed by atoms with Gasteiger partial charge in [-0.15, -0.1) is 0 Å². The molecule has 108 valence electrons. The van der Waals surface area contributed by atoms with E-state index in [9.17, 15) is 8.42 Å². The van der Waals surface area contributed by atoms with Gasteiger partial charge in [0.2, 0.25) is 10.0 Å². The fraction of sp³-hybridized carbons (Fsp3) is 0.333. The van der Waals surface area contributed by atoms with E-state index in [4.69, 9.17) is 4.52 Å². The summed E-state index contributed by atoms with van der Waals surface area (Å²) in [5.41, 5.74) is 0. The molecular weight excluding hydrogens is 280 g/mol. The van der Waals surface area contributed by atoms with Gasteiger partial charge in [-0.1, -0.05) is 12.1 Å². The van der Waals surface area contributed by atoms with Crippen LogP contribution in [0.4, 0.5) is 5.82 Å². The molecule has 0 atom stereocenters. The van der Waals surface area contributed by atoms with Gasteiger partial charge in [-0.3, -0.25) is 0 Å². The summed E-state index contributed by atoms with van der Waals surface area (Å²) in [6, 6.07) is 4.74. The SMILES string of the molecule is CCCNc1ccc(S(=O)(=O)NCc2ccno2)cn1. The zero-order valence-corrected chi connectivity index (χ0v) is 11.9. The Bertz CT molecular complexity index is 623. The Morgan fingerprint density at radius 3 is 2.75 bits per heavy atom. The van der Waals surface area contributed by atoms with Gasteiger partial charge in [0.15, 0.2) is 5.76 Å². The van der Waals surface area contributed by atoms with Crippen molar-refractivity contribution in [2.24, 2.45) is 0 Å². The number of anilines is 1. The van der Waals surface area contributed by atoms with Crippen molar-refractivity contribution in [3.63, 3.8) is 0 Å². The van der Waals surface area contributed by atoms with Gasteiger partial charge in [-0.25, -0.2) is 18.1 Å². The first-order valence-electron chi connectivity index (χ1n) is 6.21. The van der Waals surface area contributed by atoms with Crippen LogP contribution in [0.3, 0.4) is 0 Å². The van der Waals surface area contributed by atoms with Crippen LogP contribution >= 0.6 is 0 Å². The molecule has 8 heteroatoms. The molecule has 7 nitrogen and oxygen atoms in total. The minimum atomic E-state index is -3.60. The molecule has 0 saturated carbocycles. The van der Waals surface area contributed by atoms with Crippen LogP contribution in [0.2, 0.25) is 0 Å². The van der Waals surface area contributed by atoms with E-state index in [1.54, 1.807) is 12.1 Å². The lowest BCUT2D eigenvalue weighted by Gasteiger charge is -2.07. The van der Waals surface area contributed by atoms with Crippen LogP contribution in [0.25, 0.3) is 0 Å². The predicted octanol–water partition coefficient (Wildman–Crippen LogP) is 1.37. The maximum Gasteiger partial charge on any atom is 0.242 e. The zero-order valence-electron chi connectivity index (χ0n) is 11.0. The highest BCUT2D eigenvalue weighted by Crippen LogP contribution is 2.11.